The smallest absolute Gasteiger partial charge is 0.336 e. The number of phenolic OH excluding ortho intramolecular Hbond substituents is 1. The second kappa shape index (κ2) is 7.01. The van der Waals surface area contributed by atoms with Crippen molar-refractivity contribution >= 4 is 11.0 Å². The SMILES string of the molecule is CC.COc1ccc2oc(=O)cc(-c3ccc(C)c(O)c3)c2c1. The fourth-order valence-electron chi connectivity index (χ4n) is 2.28. The van der Waals surface area contributed by atoms with Crippen LogP contribution in [0.25, 0.3) is 22.1 Å². The van der Waals surface area contributed by atoms with Crippen molar-refractivity contribution in [3.63, 3.8) is 0 Å². The molecule has 0 aliphatic rings. The Morgan fingerprint density at radius 2 is 1.78 bits per heavy atom. The number of hydrogen-bond donors (Lipinski definition) is 1. The van der Waals surface area contributed by atoms with E-state index in [9.17, 15) is 9.90 Å². The van der Waals surface area contributed by atoms with E-state index in [2.05, 4.69) is 0 Å². The van der Waals surface area contributed by atoms with Crippen LogP contribution in [0.3, 0.4) is 0 Å². The fraction of sp³-hybridized carbons (Fsp3) is 0.211. The second-order valence-corrected chi connectivity index (χ2v) is 4.84. The highest BCUT2D eigenvalue weighted by Gasteiger charge is 2.10. The van der Waals surface area contributed by atoms with Crippen molar-refractivity contribution in [3.8, 4) is 22.6 Å². The number of ether oxygens (including phenoxy) is 1. The summed E-state index contributed by atoms with van der Waals surface area (Å²) in [5, 5.41) is 10.6. The van der Waals surface area contributed by atoms with Crippen LogP contribution in [0.5, 0.6) is 11.5 Å². The molecule has 0 atom stereocenters. The van der Waals surface area contributed by atoms with E-state index in [1.165, 1.54) is 6.07 Å². The van der Waals surface area contributed by atoms with Gasteiger partial charge in [-0.25, -0.2) is 4.79 Å². The molecule has 3 rings (SSSR count). The maximum atomic E-state index is 11.7. The number of rotatable bonds is 2. The molecule has 0 bridgehead atoms. The Bertz CT molecular complexity index is 878. The second-order valence-electron chi connectivity index (χ2n) is 4.84. The summed E-state index contributed by atoms with van der Waals surface area (Å²) >= 11 is 0. The molecule has 23 heavy (non-hydrogen) atoms. The zero-order valence-electron chi connectivity index (χ0n) is 13.7. The number of aryl methyl sites for hydroxylation is 1. The normalized spacial score (nSPS) is 10.1. The molecule has 0 amide bonds. The summed E-state index contributed by atoms with van der Waals surface area (Å²) in [6.07, 6.45) is 0. The molecule has 4 nitrogen and oxygen atoms in total. The quantitative estimate of drug-likeness (QED) is 0.707. The Hall–Kier alpha value is -2.75. The van der Waals surface area contributed by atoms with Gasteiger partial charge in [0.15, 0.2) is 0 Å². The monoisotopic (exact) mass is 312 g/mol. The maximum Gasteiger partial charge on any atom is 0.336 e. The first-order chi connectivity index (χ1) is 11.1. The van der Waals surface area contributed by atoms with Gasteiger partial charge in [-0.15, -0.1) is 0 Å². The van der Waals surface area contributed by atoms with Crippen LogP contribution in [0.15, 0.2) is 51.7 Å². The molecule has 1 heterocycles. The zero-order valence-corrected chi connectivity index (χ0v) is 13.7. The van der Waals surface area contributed by atoms with E-state index in [1.807, 2.05) is 39.0 Å². The van der Waals surface area contributed by atoms with Gasteiger partial charge in [0.1, 0.15) is 17.1 Å². The highest BCUT2D eigenvalue weighted by Crippen LogP contribution is 2.32. The van der Waals surface area contributed by atoms with Crippen molar-refractivity contribution in [2.75, 3.05) is 7.11 Å². The molecular weight excluding hydrogens is 292 g/mol. The third-order valence-corrected chi connectivity index (χ3v) is 3.47. The summed E-state index contributed by atoms with van der Waals surface area (Å²) in [4.78, 5) is 11.7. The number of hydrogen-bond acceptors (Lipinski definition) is 4. The average Bonchev–Trinajstić information content (AvgIpc) is 2.58. The molecule has 0 aliphatic carbocycles. The van der Waals surface area contributed by atoms with Gasteiger partial charge in [0, 0.05) is 17.0 Å². The number of aromatic hydroxyl groups is 1. The van der Waals surface area contributed by atoms with Gasteiger partial charge in [0.05, 0.1) is 7.11 Å². The number of phenols is 1. The average molecular weight is 312 g/mol. The van der Waals surface area contributed by atoms with Gasteiger partial charge in [-0.1, -0.05) is 26.0 Å². The third-order valence-electron chi connectivity index (χ3n) is 3.47. The van der Waals surface area contributed by atoms with Gasteiger partial charge < -0.3 is 14.3 Å². The maximum absolute atomic E-state index is 11.7. The summed E-state index contributed by atoms with van der Waals surface area (Å²) in [5.74, 6) is 0.866. The van der Waals surface area contributed by atoms with Gasteiger partial charge in [-0.2, -0.15) is 0 Å². The first-order valence-corrected chi connectivity index (χ1v) is 7.50. The van der Waals surface area contributed by atoms with E-state index >= 15 is 0 Å². The number of benzene rings is 2. The van der Waals surface area contributed by atoms with Gasteiger partial charge in [-0.05, 0) is 42.3 Å². The van der Waals surface area contributed by atoms with Crippen LogP contribution in [0.4, 0.5) is 0 Å². The standard InChI is InChI=1S/C17H14O4.C2H6/c1-10-3-4-11(7-15(10)18)13-9-17(19)21-16-6-5-12(20-2)8-14(13)16;1-2/h3-9,18H,1-2H3;1-2H3. The molecule has 1 aromatic heterocycles. The molecule has 0 spiro atoms. The van der Waals surface area contributed by atoms with Crippen molar-refractivity contribution in [2.24, 2.45) is 0 Å². The molecule has 0 radical (unpaired) electrons. The molecule has 4 heteroatoms. The Kier molecular flexibility index (Phi) is 5.06. The zero-order chi connectivity index (χ0) is 17.0. The summed E-state index contributed by atoms with van der Waals surface area (Å²) in [5.41, 5.74) is 2.30. The van der Waals surface area contributed by atoms with E-state index in [4.69, 9.17) is 9.15 Å². The number of methoxy groups -OCH3 is 1. The number of fused-ring (bicyclic) bond motifs is 1. The third kappa shape index (κ3) is 3.37. The van der Waals surface area contributed by atoms with Crippen molar-refractivity contribution < 1.29 is 14.3 Å². The van der Waals surface area contributed by atoms with Crippen LogP contribution in [0.2, 0.25) is 0 Å². The van der Waals surface area contributed by atoms with Crippen LogP contribution in [0.1, 0.15) is 19.4 Å². The van der Waals surface area contributed by atoms with Crippen LogP contribution >= 0.6 is 0 Å². The van der Waals surface area contributed by atoms with E-state index in [-0.39, 0.29) is 5.75 Å². The molecular formula is C19H20O4. The lowest BCUT2D eigenvalue weighted by atomic mass is 10.0. The molecule has 1 N–H and O–H groups in total. The Morgan fingerprint density at radius 1 is 1.04 bits per heavy atom. The van der Waals surface area contributed by atoms with Crippen LogP contribution in [-0.2, 0) is 0 Å². The van der Waals surface area contributed by atoms with Crippen LogP contribution in [-0.4, -0.2) is 12.2 Å². The summed E-state index contributed by atoms with van der Waals surface area (Å²) in [7, 11) is 1.58. The predicted molar refractivity (Wildman–Crippen MR) is 92.2 cm³/mol. The lowest BCUT2D eigenvalue weighted by Gasteiger charge is -2.08. The van der Waals surface area contributed by atoms with E-state index in [1.54, 1.807) is 25.3 Å². The molecule has 3 aromatic rings. The van der Waals surface area contributed by atoms with E-state index in [0.29, 0.717) is 16.9 Å². The van der Waals surface area contributed by atoms with Crippen molar-refractivity contribution in [1.29, 1.82) is 0 Å². The Morgan fingerprint density at radius 3 is 2.43 bits per heavy atom. The minimum atomic E-state index is -0.428. The summed E-state index contributed by atoms with van der Waals surface area (Å²) in [6.45, 7) is 5.82. The molecule has 120 valence electrons. The molecule has 0 aliphatic heterocycles. The Labute approximate surface area is 135 Å². The predicted octanol–water partition coefficient (Wildman–Crippen LogP) is 4.51. The highest BCUT2D eigenvalue weighted by molar-refractivity contribution is 5.94. The van der Waals surface area contributed by atoms with E-state index < -0.39 is 5.63 Å². The van der Waals surface area contributed by atoms with Crippen molar-refractivity contribution in [1.82, 2.24) is 0 Å². The summed E-state index contributed by atoms with van der Waals surface area (Å²) in [6, 6.07) is 12.0. The van der Waals surface area contributed by atoms with Gasteiger partial charge in [0.25, 0.3) is 0 Å². The molecule has 0 fully saturated rings. The highest BCUT2D eigenvalue weighted by atomic mass is 16.5. The van der Waals surface area contributed by atoms with Gasteiger partial charge >= 0.3 is 5.63 Å². The van der Waals surface area contributed by atoms with Gasteiger partial charge in [0.2, 0.25) is 0 Å². The first-order valence-electron chi connectivity index (χ1n) is 7.50. The molecule has 2 aromatic carbocycles. The summed E-state index contributed by atoms with van der Waals surface area (Å²) < 4.78 is 10.4. The lowest BCUT2D eigenvalue weighted by Crippen LogP contribution is -1.98. The van der Waals surface area contributed by atoms with Crippen molar-refractivity contribution in [3.05, 3.63) is 58.4 Å². The largest absolute Gasteiger partial charge is 0.508 e. The fourth-order valence-corrected chi connectivity index (χ4v) is 2.28. The minimum absolute atomic E-state index is 0.191. The van der Waals surface area contributed by atoms with Crippen LogP contribution < -0.4 is 10.4 Å². The van der Waals surface area contributed by atoms with Crippen LogP contribution in [0, 0.1) is 6.92 Å². The molecule has 0 saturated carbocycles. The topological polar surface area (TPSA) is 59.7 Å². The lowest BCUT2D eigenvalue weighted by molar-refractivity contribution is 0.415. The first kappa shape index (κ1) is 16.6. The molecule has 0 unspecified atom stereocenters. The van der Waals surface area contributed by atoms with Crippen molar-refractivity contribution in [2.45, 2.75) is 20.8 Å². The van der Waals surface area contributed by atoms with E-state index in [0.717, 1.165) is 16.5 Å². The molecule has 0 saturated heterocycles. The Balaban J connectivity index is 0.000000924. The van der Waals surface area contributed by atoms with Gasteiger partial charge in [-0.3, -0.25) is 0 Å². The minimum Gasteiger partial charge on any atom is -0.508 e.